The molecule has 196 valence electrons. The number of carbonyl (C=O) groups is 3. The fraction of sp³-hybridized carbons (Fsp3) is 0.321. The van der Waals surface area contributed by atoms with Crippen molar-refractivity contribution in [3.63, 3.8) is 0 Å². The maximum Gasteiger partial charge on any atom is 0.341 e. The Morgan fingerprint density at radius 1 is 1.08 bits per heavy atom. The number of aryl methyl sites for hydroxylation is 1. The monoisotopic (exact) mass is 532 g/mol. The highest BCUT2D eigenvalue weighted by Gasteiger charge is 2.28. The quantitative estimate of drug-likeness (QED) is 0.322. The van der Waals surface area contributed by atoms with Crippen LogP contribution in [0.5, 0.6) is 0 Å². The molecule has 1 aliphatic rings. The van der Waals surface area contributed by atoms with E-state index in [1.807, 2.05) is 12.1 Å². The van der Waals surface area contributed by atoms with Crippen LogP contribution in [0.2, 0.25) is 0 Å². The van der Waals surface area contributed by atoms with Gasteiger partial charge < -0.3 is 19.8 Å². The molecular weight excluding hydrogens is 504 g/mol. The van der Waals surface area contributed by atoms with Crippen LogP contribution in [0.1, 0.15) is 63.8 Å². The molecule has 0 saturated carbocycles. The van der Waals surface area contributed by atoms with Gasteiger partial charge in [0.15, 0.2) is 6.10 Å². The summed E-state index contributed by atoms with van der Waals surface area (Å²) < 4.78 is 10.5. The van der Waals surface area contributed by atoms with Gasteiger partial charge >= 0.3 is 11.9 Å². The van der Waals surface area contributed by atoms with Gasteiger partial charge in [0, 0.05) is 22.8 Å². The molecule has 4 aromatic rings. The van der Waals surface area contributed by atoms with Gasteiger partial charge in [-0.05, 0) is 68.5 Å². The van der Waals surface area contributed by atoms with Crippen LogP contribution in [0.15, 0.2) is 42.7 Å². The number of aromatic amines is 1. The molecule has 10 heteroatoms. The molecule has 3 heterocycles. The first-order chi connectivity index (χ1) is 18.4. The first kappa shape index (κ1) is 25.6. The van der Waals surface area contributed by atoms with E-state index in [-0.39, 0.29) is 5.56 Å². The molecule has 1 unspecified atom stereocenters. The van der Waals surface area contributed by atoms with Crippen LogP contribution in [-0.4, -0.2) is 46.0 Å². The minimum atomic E-state index is -1.08. The molecule has 0 spiro atoms. The van der Waals surface area contributed by atoms with Crippen LogP contribution in [-0.2, 0) is 27.1 Å². The Bertz CT molecular complexity index is 1490. The number of nitrogens with one attached hydrogen (secondary N) is 2. The molecule has 1 atom stereocenters. The molecule has 2 N–H and O–H groups in total. The minimum absolute atomic E-state index is 0.285. The van der Waals surface area contributed by atoms with Crippen molar-refractivity contribution in [1.82, 2.24) is 15.0 Å². The minimum Gasteiger partial charge on any atom is -0.465 e. The molecule has 5 rings (SSSR count). The van der Waals surface area contributed by atoms with Gasteiger partial charge in [-0.2, -0.15) is 0 Å². The van der Waals surface area contributed by atoms with E-state index in [4.69, 9.17) is 9.47 Å². The van der Waals surface area contributed by atoms with Crippen LogP contribution in [0.4, 0.5) is 5.00 Å². The van der Waals surface area contributed by atoms with Gasteiger partial charge in [0.05, 0.1) is 29.3 Å². The maximum absolute atomic E-state index is 13.0. The molecule has 3 aromatic heterocycles. The summed E-state index contributed by atoms with van der Waals surface area (Å²) in [7, 11) is 1.33. The summed E-state index contributed by atoms with van der Waals surface area (Å²) in [5, 5.41) is 3.25. The van der Waals surface area contributed by atoms with Crippen LogP contribution in [0, 0.1) is 0 Å². The Hall–Kier alpha value is -4.05. The number of pyridine rings is 1. The fourth-order valence-corrected chi connectivity index (χ4v) is 5.88. The summed E-state index contributed by atoms with van der Waals surface area (Å²) in [5.74, 6) is -0.989. The van der Waals surface area contributed by atoms with Crippen LogP contribution in [0.25, 0.3) is 22.4 Å². The first-order valence-electron chi connectivity index (χ1n) is 12.6. The van der Waals surface area contributed by atoms with Crippen molar-refractivity contribution in [1.29, 1.82) is 0 Å². The number of nitrogens with zero attached hydrogens (tertiary/aromatic N) is 2. The predicted octanol–water partition coefficient (Wildman–Crippen LogP) is 5.32. The summed E-state index contributed by atoms with van der Waals surface area (Å²) in [4.78, 5) is 51.4. The maximum atomic E-state index is 13.0. The second kappa shape index (κ2) is 11.1. The summed E-state index contributed by atoms with van der Waals surface area (Å²) in [6, 6.07) is 8.68. The van der Waals surface area contributed by atoms with E-state index >= 15 is 0 Å². The molecule has 0 aliphatic heterocycles. The van der Waals surface area contributed by atoms with E-state index in [2.05, 4.69) is 20.3 Å². The molecule has 0 fully saturated rings. The second-order valence-electron chi connectivity index (χ2n) is 9.21. The summed E-state index contributed by atoms with van der Waals surface area (Å²) in [6.45, 7) is 1.50. The van der Waals surface area contributed by atoms with Gasteiger partial charge in [-0.25, -0.2) is 14.6 Å². The van der Waals surface area contributed by atoms with Crippen molar-refractivity contribution >= 4 is 45.2 Å². The number of ether oxygens (including phenoxy) is 2. The highest BCUT2D eigenvalue weighted by Crippen LogP contribution is 2.37. The number of anilines is 1. The molecular formula is C28H28N4O5S. The fourth-order valence-electron chi connectivity index (χ4n) is 4.60. The molecule has 1 amide bonds. The van der Waals surface area contributed by atoms with E-state index in [1.54, 1.807) is 30.6 Å². The van der Waals surface area contributed by atoms with Gasteiger partial charge in [0.1, 0.15) is 10.8 Å². The average molecular weight is 533 g/mol. The largest absolute Gasteiger partial charge is 0.465 e. The number of aromatic nitrogens is 3. The Morgan fingerprint density at radius 3 is 2.66 bits per heavy atom. The number of methoxy groups -OCH3 is 1. The van der Waals surface area contributed by atoms with Crippen molar-refractivity contribution in [2.75, 3.05) is 12.4 Å². The summed E-state index contributed by atoms with van der Waals surface area (Å²) in [5.41, 5.74) is 3.83. The smallest absolute Gasteiger partial charge is 0.341 e. The molecule has 38 heavy (non-hydrogen) atoms. The van der Waals surface area contributed by atoms with Gasteiger partial charge in [-0.15, -0.1) is 11.3 Å². The van der Waals surface area contributed by atoms with Gasteiger partial charge in [0.25, 0.3) is 5.91 Å². The number of fused-ring (bicyclic) bond motifs is 2. The number of rotatable bonds is 6. The van der Waals surface area contributed by atoms with Gasteiger partial charge in [-0.3, -0.25) is 9.78 Å². The lowest BCUT2D eigenvalue weighted by Crippen LogP contribution is -2.30. The second-order valence-corrected chi connectivity index (χ2v) is 10.3. The number of H-pyrrole nitrogens is 1. The molecule has 1 aromatic carbocycles. The van der Waals surface area contributed by atoms with Crippen LogP contribution in [0.3, 0.4) is 0 Å². The third-order valence-corrected chi connectivity index (χ3v) is 7.81. The van der Waals surface area contributed by atoms with E-state index in [1.165, 1.54) is 25.4 Å². The Balaban J connectivity index is 1.30. The SMILES string of the molecule is COC(=O)c1c(NC(=O)C(C)OC(=O)c2ccc3nc(-c4cccnc4)[nH]c3c2)sc2c1CCCCCC2. The number of amides is 1. The molecule has 1 aliphatic carbocycles. The number of carbonyl (C=O) groups excluding carboxylic acids is 3. The number of hydrogen-bond donors (Lipinski definition) is 2. The lowest BCUT2D eigenvalue weighted by atomic mass is 9.96. The zero-order valence-corrected chi connectivity index (χ0v) is 22.0. The van der Waals surface area contributed by atoms with Crippen molar-refractivity contribution in [3.8, 4) is 11.4 Å². The molecule has 0 radical (unpaired) electrons. The zero-order valence-electron chi connectivity index (χ0n) is 21.2. The standard InChI is InChI=1S/C28H28N4O5S/c1-16(25(33)32-26-23(28(35)36-2)19-9-5-3-4-6-10-22(19)38-26)37-27(34)17-11-12-20-21(14-17)31-24(30-20)18-8-7-13-29-15-18/h7-8,11-16H,3-6,9-10H2,1-2H3,(H,30,31)(H,32,33). The predicted molar refractivity (Wildman–Crippen MR) is 144 cm³/mol. The van der Waals surface area contributed by atoms with Crippen molar-refractivity contribution in [2.24, 2.45) is 0 Å². The normalized spacial score (nSPS) is 14.2. The number of hydrogen-bond acceptors (Lipinski definition) is 8. The molecule has 0 bridgehead atoms. The van der Waals surface area contributed by atoms with E-state index in [0.717, 1.165) is 54.5 Å². The van der Waals surface area contributed by atoms with Crippen molar-refractivity contribution in [2.45, 2.75) is 51.6 Å². The Morgan fingerprint density at radius 2 is 1.89 bits per heavy atom. The van der Waals surface area contributed by atoms with E-state index in [0.29, 0.717) is 27.4 Å². The van der Waals surface area contributed by atoms with Crippen molar-refractivity contribution in [3.05, 3.63) is 64.3 Å². The number of thiophene rings is 1. The van der Waals surface area contributed by atoms with E-state index < -0.39 is 23.9 Å². The number of esters is 2. The van der Waals surface area contributed by atoms with Gasteiger partial charge in [0.2, 0.25) is 0 Å². The lowest BCUT2D eigenvalue weighted by molar-refractivity contribution is -0.123. The highest BCUT2D eigenvalue weighted by molar-refractivity contribution is 7.17. The lowest BCUT2D eigenvalue weighted by Gasteiger charge is -2.14. The average Bonchev–Trinajstić information content (AvgIpc) is 3.49. The Kier molecular flexibility index (Phi) is 7.50. The third kappa shape index (κ3) is 5.31. The first-order valence-corrected chi connectivity index (χ1v) is 13.4. The topological polar surface area (TPSA) is 123 Å². The molecule has 9 nitrogen and oxygen atoms in total. The molecule has 0 saturated heterocycles. The van der Waals surface area contributed by atoms with Crippen LogP contribution >= 0.6 is 11.3 Å². The third-order valence-electron chi connectivity index (χ3n) is 6.60. The van der Waals surface area contributed by atoms with Crippen molar-refractivity contribution < 1.29 is 23.9 Å². The summed E-state index contributed by atoms with van der Waals surface area (Å²) >= 11 is 1.40. The highest BCUT2D eigenvalue weighted by atomic mass is 32.1. The van der Waals surface area contributed by atoms with Crippen LogP contribution < -0.4 is 5.32 Å². The summed E-state index contributed by atoms with van der Waals surface area (Å²) in [6.07, 6.45) is 8.22. The zero-order chi connectivity index (χ0) is 26.6. The van der Waals surface area contributed by atoms with E-state index in [9.17, 15) is 14.4 Å². The van der Waals surface area contributed by atoms with Gasteiger partial charge in [-0.1, -0.05) is 12.8 Å². The number of benzene rings is 1. The Labute approximate surface area is 223 Å². The number of imidazole rings is 1.